The first-order valence-corrected chi connectivity index (χ1v) is 6.12. The maximum Gasteiger partial charge on any atom is 0.181 e. The van der Waals surface area contributed by atoms with Crippen LogP contribution < -0.4 is 5.32 Å². The van der Waals surface area contributed by atoms with Gasteiger partial charge in [0.1, 0.15) is 5.76 Å². The summed E-state index contributed by atoms with van der Waals surface area (Å²) in [4.78, 5) is 4.31. The van der Waals surface area contributed by atoms with Gasteiger partial charge in [-0.1, -0.05) is 0 Å². The number of nitrogens with zero attached hydrogens (tertiary/aromatic N) is 1. The minimum atomic E-state index is 0.257. The Morgan fingerprint density at radius 3 is 3.00 bits per heavy atom. The highest BCUT2D eigenvalue weighted by Crippen LogP contribution is 2.33. The third-order valence-corrected chi connectivity index (χ3v) is 3.52. The van der Waals surface area contributed by atoms with E-state index in [0.717, 1.165) is 31.0 Å². The minimum absolute atomic E-state index is 0.257. The van der Waals surface area contributed by atoms with E-state index in [4.69, 9.17) is 9.15 Å². The zero-order valence-corrected chi connectivity index (χ0v) is 9.61. The van der Waals surface area contributed by atoms with Crippen LogP contribution in [0, 0.1) is 0 Å². The molecule has 1 N–H and O–H groups in total. The molecule has 1 aliphatic carbocycles. The monoisotopic (exact) mass is 222 g/mol. The molecule has 3 rings (SSSR count). The Bertz CT molecular complexity index is 360. The summed E-state index contributed by atoms with van der Waals surface area (Å²) in [5, 5.41) is 3.47. The van der Waals surface area contributed by atoms with Crippen molar-refractivity contribution in [1.29, 1.82) is 0 Å². The summed E-state index contributed by atoms with van der Waals surface area (Å²) >= 11 is 0. The fourth-order valence-electron chi connectivity index (χ4n) is 2.32. The molecule has 0 radical (unpaired) electrons. The zero-order chi connectivity index (χ0) is 11.0. The number of nitrogens with one attached hydrogen (secondary N) is 1. The third kappa shape index (κ3) is 1.99. The summed E-state index contributed by atoms with van der Waals surface area (Å²) in [6.45, 7) is 3.78. The summed E-state index contributed by atoms with van der Waals surface area (Å²) in [5.41, 5.74) is 1.06. The van der Waals surface area contributed by atoms with E-state index in [9.17, 15) is 0 Å². The van der Waals surface area contributed by atoms with Gasteiger partial charge in [-0.05, 0) is 26.2 Å². The highest BCUT2D eigenvalue weighted by Gasteiger charge is 2.31. The molecule has 1 aromatic rings. The first-order chi connectivity index (χ1) is 7.84. The zero-order valence-electron chi connectivity index (χ0n) is 9.61. The van der Waals surface area contributed by atoms with Crippen molar-refractivity contribution in [2.24, 2.45) is 0 Å². The van der Waals surface area contributed by atoms with Crippen LogP contribution in [0.3, 0.4) is 0 Å². The quantitative estimate of drug-likeness (QED) is 0.844. The van der Waals surface area contributed by atoms with Crippen molar-refractivity contribution < 1.29 is 9.15 Å². The number of ether oxygens (including phenoxy) is 1. The Balaban J connectivity index is 1.70. The van der Waals surface area contributed by atoms with E-state index in [-0.39, 0.29) is 6.10 Å². The number of aromatic nitrogens is 1. The molecule has 0 spiro atoms. The van der Waals surface area contributed by atoms with Gasteiger partial charge in [-0.3, -0.25) is 0 Å². The van der Waals surface area contributed by atoms with Gasteiger partial charge in [-0.25, -0.2) is 4.98 Å². The lowest BCUT2D eigenvalue weighted by Crippen LogP contribution is -2.18. The molecule has 2 atom stereocenters. The van der Waals surface area contributed by atoms with E-state index in [2.05, 4.69) is 17.2 Å². The molecule has 0 bridgehead atoms. The van der Waals surface area contributed by atoms with E-state index in [1.807, 2.05) is 0 Å². The lowest BCUT2D eigenvalue weighted by atomic mass is 9.98. The first-order valence-electron chi connectivity index (χ1n) is 6.12. The molecular weight excluding hydrogens is 204 g/mol. The van der Waals surface area contributed by atoms with Crippen molar-refractivity contribution in [3.63, 3.8) is 0 Å². The number of oxazole rings is 1. The van der Waals surface area contributed by atoms with Gasteiger partial charge in [0.2, 0.25) is 0 Å². The summed E-state index contributed by atoms with van der Waals surface area (Å²) < 4.78 is 11.1. The van der Waals surface area contributed by atoms with Crippen LogP contribution in [0.2, 0.25) is 0 Å². The molecule has 1 aromatic heterocycles. The van der Waals surface area contributed by atoms with Crippen LogP contribution in [0.5, 0.6) is 0 Å². The van der Waals surface area contributed by atoms with E-state index in [1.165, 1.54) is 12.8 Å². The van der Waals surface area contributed by atoms with Crippen LogP contribution >= 0.6 is 0 Å². The molecule has 1 saturated carbocycles. The lowest BCUT2D eigenvalue weighted by Gasteiger charge is -2.12. The van der Waals surface area contributed by atoms with Crippen molar-refractivity contribution in [3.8, 4) is 0 Å². The average molecular weight is 222 g/mol. The van der Waals surface area contributed by atoms with Crippen LogP contribution in [0.25, 0.3) is 0 Å². The van der Waals surface area contributed by atoms with Gasteiger partial charge in [-0.2, -0.15) is 0 Å². The molecule has 2 heterocycles. The first kappa shape index (κ1) is 10.3. The molecule has 2 fully saturated rings. The molecule has 16 heavy (non-hydrogen) atoms. The topological polar surface area (TPSA) is 47.3 Å². The molecule has 2 unspecified atom stereocenters. The van der Waals surface area contributed by atoms with Gasteiger partial charge >= 0.3 is 0 Å². The molecule has 1 aliphatic heterocycles. The molecule has 4 heteroatoms. The normalized spacial score (nSPS) is 29.8. The minimum Gasteiger partial charge on any atom is -0.448 e. The molecule has 4 nitrogen and oxygen atoms in total. The van der Waals surface area contributed by atoms with E-state index < -0.39 is 0 Å². The second-order valence-corrected chi connectivity index (χ2v) is 4.79. The largest absolute Gasteiger partial charge is 0.448 e. The van der Waals surface area contributed by atoms with E-state index in [0.29, 0.717) is 12.0 Å². The van der Waals surface area contributed by atoms with Gasteiger partial charge < -0.3 is 14.5 Å². The number of rotatable bonds is 4. The smallest absolute Gasteiger partial charge is 0.181 e. The van der Waals surface area contributed by atoms with Crippen LogP contribution in [0.15, 0.2) is 10.8 Å². The van der Waals surface area contributed by atoms with E-state index >= 15 is 0 Å². The Morgan fingerprint density at radius 1 is 1.44 bits per heavy atom. The van der Waals surface area contributed by atoms with Crippen LogP contribution in [0.1, 0.15) is 43.6 Å². The van der Waals surface area contributed by atoms with Gasteiger partial charge in [0.25, 0.3) is 0 Å². The Labute approximate surface area is 95.4 Å². The molecule has 2 aliphatic rings. The summed E-state index contributed by atoms with van der Waals surface area (Å²) in [6, 6.07) is 0.710. The lowest BCUT2D eigenvalue weighted by molar-refractivity contribution is 0.115. The fraction of sp³-hybridized carbons (Fsp3) is 0.750. The van der Waals surface area contributed by atoms with Crippen molar-refractivity contribution in [3.05, 3.63) is 17.8 Å². The predicted octanol–water partition coefficient (Wildman–Crippen LogP) is 1.82. The predicted molar refractivity (Wildman–Crippen MR) is 59.1 cm³/mol. The van der Waals surface area contributed by atoms with Crippen molar-refractivity contribution in [1.82, 2.24) is 10.3 Å². The van der Waals surface area contributed by atoms with Gasteiger partial charge in [0, 0.05) is 25.1 Å². The number of hydrogen-bond donors (Lipinski definition) is 1. The fourth-order valence-corrected chi connectivity index (χ4v) is 2.32. The number of hydrogen-bond acceptors (Lipinski definition) is 4. The highest BCUT2D eigenvalue weighted by molar-refractivity contribution is 5.15. The molecule has 88 valence electrons. The average Bonchev–Trinajstić information content (AvgIpc) is 2.83. The van der Waals surface area contributed by atoms with Gasteiger partial charge in [0.05, 0.1) is 11.8 Å². The maximum absolute atomic E-state index is 5.57. The van der Waals surface area contributed by atoms with E-state index in [1.54, 1.807) is 6.39 Å². The molecule has 1 saturated heterocycles. The summed E-state index contributed by atoms with van der Waals surface area (Å²) in [7, 11) is 0. The van der Waals surface area contributed by atoms with Crippen molar-refractivity contribution in [2.45, 2.75) is 50.8 Å². The highest BCUT2D eigenvalue weighted by atomic mass is 16.5. The van der Waals surface area contributed by atoms with Crippen LogP contribution in [-0.2, 0) is 11.3 Å². The maximum atomic E-state index is 5.57. The Morgan fingerprint density at radius 2 is 2.31 bits per heavy atom. The van der Waals surface area contributed by atoms with Gasteiger partial charge in [-0.15, -0.1) is 0 Å². The SMILES string of the molecule is CC1OCCC1c1ocnc1CNC1CC1. The summed E-state index contributed by atoms with van der Waals surface area (Å²) in [5.74, 6) is 1.41. The second kappa shape index (κ2) is 4.18. The summed E-state index contributed by atoms with van der Waals surface area (Å²) in [6.07, 6.45) is 5.47. The molecule has 0 aromatic carbocycles. The standard InChI is InChI=1S/C12H18N2O2/c1-8-10(4-5-15-8)12-11(14-7-16-12)6-13-9-2-3-9/h7-10,13H,2-6H2,1H3. The Hall–Kier alpha value is -0.870. The Kier molecular flexibility index (Phi) is 2.69. The van der Waals surface area contributed by atoms with Crippen LogP contribution in [-0.4, -0.2) is 23.7 Å². The van der Waals surface area contributed by atoms with Crippen molar-refractivity contribution >= 4 is 0 Å². The van der Waals surface area contributed by atoms with Crippen LogP contribution in [0.4, 0.5) is 0 Å². The van der Waals surface area contributed by atoms with Crippen molar-refractivity contribution in [2.75, 3.05) is 6.61 Å². The molecular formula is C12H18N2O2. The third-order valence-electron chi connectivity index (χ3n) is 3.52. The van der Waals surface area contributed by atoms with Gasteiger partial charge in [0.15, 0.2) is 6.39 Å². The molecule has 0 amide bonds. The second-order valence-electron chi connectivity index (χ2n) is 4.79.